The Labute approximate surface area is 101 Å². The van der Waals surface area contributed by atoms with Crippen LogP contribution in [0.1, 0.15) is 19.4 Å². The maximum Gasteiger partial charge on any atom is 0.332 e. The number of primary amides is 1. The average molecular weight is 235 g/mol. The van der Waals surface area contributed by atoms with Crippen LogP contribution >= 0.6 is 0 Å². The molecule has 0 heterocycles. The number of hydrogen-bond donors (Lipinski definition) is 2. The van der Waals surface area contributed by atoms with Crippen LogP contribution < -0.4 is 11.2 Å². The van der Waals surface area contributed by atoms with Gasteiger partial charge >= 0.3 is 6.03 Å². The Kier molecular flexibility index (Phi) is 4.23. The summed E-state index contributed by atoms with van der Waals surface area (Å²) < 4.78 is 5.50. The number of rotatable bonds is 4. The lowest BCUT2D eigenvalue weighted by atomic mass is 9.91. The van der Waals surface area contributed by atoms with E-state index in [0.717, 1.165) is 5.56 Å². The number of ether oxygens (including phenoxy) is 1. The van der Waals surface area contributed by atoms with E-state index < -0.39 is 11.6 Å². The Morgan fingerprint density at radius 2 is 2.00 bits per heavy atom. The van der Waals surface area contributed by atoms with E-state index in [0.29, 0.717) is 5.71 Å². The molecule has 1 atom stereocenters. The first-order valence-electron chi connectivity index (χ1n) is 5.21. The molecule has 0 saturated carbocycles. The summed E-state index contributed by atoms with van der Waals surface area (Å²) in [5.74, 6) is 0. The molecule has 17 heavy (non-hydrogen) atoms. The molecule has 0 bridgehead atoms. The van der Waals surface area contributed by atoms with Crippen LogP contribution in [0.3, 0.4) is 0 Å². The summed E-state index contributed by atoms with van der Waals surface area (Å²) in [7, 11) is 1.59. The summed E-state index contributed by atoms with van der Waals surface area (Å²) in [6, 6.07) is 8.94. The zero-order valence-corrected chi connectivity index (χ0v) is 10.2. The smallest absolute Gasteiger partial charge is 0.332 e. The van der Waals surface area contributed by atoms with E-state index in [1.54, 1.807) is 14.0 Å². The second-order valence-corrected chi connectivity index (χ2v) is 3.78. The van der Waals surface area contributed by atoms with Gasteiger partial charge in [-0.25, -0.2) is 10.2 Å². The average Bonchev–Trinajstić information content (AvgIpc) is 2.35. The van der Waals surface area contributed by atoms with Gasteiger partial charge in [-0.3, -0.25) is 0 Å². The lowest BCUT2D eigenvalue weighted by Gasteiger charge is -2.28. The number of nitrogens with two attached hydrogens (primary N) is 1. The number of urea groups is 1. The molecule has 0 radical (unpaired) electrons. The van der Waals surface area contributed by atoms with Crippen LogP contribution in [0.15, 0.2) is 35.4 Å². The zero-order chi connectivity index (χ0) is 12.9. The van der Waals surface area contributed by atoms with Gasteiger partial charge in [-0.1, -0.05) is 30.3 Å². The van der Waals surface area contributed by atoms with Crippen LogP contribution in [0.4, 0.5) is 4.79 Å². The van der Waals surface area contributed by atoms with E-state index in [2.05, 4.69) is 10.5 Å². The Morgan fingerprint density at radius 1 is 1.41 bits per heavy atom. The number of hydrogen-bond acceptors (Lipinski definition) is 3. The number of nitrogens with zero attached hydrogens (tertiary/aromatic N) is 1. The number of carbonyl (C=O) groups is 1. The van der Waals surface area contributed by atoms with Crippen LogP contribution in [-0.4, -0.2) is 18.9 Å². The fourth-order valence-corrected chi connectivity index (χ4v) is 1.48. The third-order valence-corrected chi connectivity index (χ3v) is 2.76. The molecule has 3 N–H and O–H groups in total. The second-order valence-electron chi connectivity index (χ2n) is 3.78. The fraction of sp³-hybridized carbons (Fsp3) is 0.333. The minimum absolute atomic E-state index is 0.616. The highest BCUT2D eigenvalue weighted by atomic mass is 16.5. The summed E-state index contributed by atoms with van der Waals surface area (Å²) in [4.78, 5) is 10.6. The van der Waals surface area contributed by atoms with Crippen molar-refractivity contribution in [1.82, 2.24) is 5.43 Å². The standard InChI is InChI=1S/C12H17N3O2/c1-9(14-15-11(13)16)12(2,17-3)10-7-5-4-6-8-10/h4-8H,1-3H3,(H3,13,15,16)/b14-9+/t12-/m0/s1. The largest absolute Gasteiger partial charge is 0.368 e. The molecule has 5 heteroatoms. The van der Waals surface area contributed by atoms with Crippen molar-refractivity contribution in [3.8, 4) is 0 Å². The van der Waals surface area contributed by atoms with E-state index >= 15 is 0 Å². The van der Waals surface area contributed by atoms with Gasteiger partial charge < -0.3 is 10.5 Å². The van der Waals surface area contributed by atoms with Gasteiger partial charge in [0, 0.05) is 7.11 Å². The van der Waals surface area contributed by atoms with Crippen molar-refractivity contribution in [1.29, 1.82) is 0 Å². The highest BCUT2D eigenvalue weighted by Gasteiger charge is 2.29. The SMILES string of the molecule is CO[C@@](C)(/C(C)=N/NC(N)=O)c1ccccc1. The molecular weight excluding hydrogens is 218 g/mol. The van der Waals surface area contributed by atoms with Gasteiger partial charge in [0.15, 0.2) is 0 Å². The molecule has 0 aliphatic rings. The van der Waals surface area contributed by atoms with Crippen molar-refractivity contribution in [3.05, 3.63) is 35.9 Å². The van der Waals surface area contributed by atoms with Gasteiger partial charge in [0.05, 0.1) is 5.71 Å². The second kappa shape index (κ2) is 5.45. The molecule has 1 rings (SSSR count). The topological polar surface area (TPSA) is 76.7 Å². The molecule has 0 saturated heterocycles. The number of hydrazone groups is 1. The van der Waals surface area contributed by atoms with Gasteiger partial charge in [-0.15, -0.1) is 0 Å². The monoisotopic (exact) mass is 235 g/mol. The van der Waals surface area contributed by atoms with E-state index in [9.17, 15) is 4.79 Å². The molecule has 1 aromatic carbocycles. The van der Waals surface area contributed by atoms with Gasteiger partial charge in [0.2, 0.25) is 0 Å². The van der Waals surface area contributed by atoms with Crippen molar-refractivity contribution in [3.63, 3.8) is 0 Å². The van der Waals surface area contributed by atoms with Crippen molar-refractivity contribution < 1.29 is 9.53 Å². The molecule has 1 aromatic rings. The Morgan fingerprint density at radius 3 is 2.47 bits per heavy atom. The number of nitrogens with one attached hydrogen (secondary N) is 1. The van der Waals surface area contributed by atoms with Gasteiger partial charge in [0.1, 0.15) is 5.60 Å². The molecule has 92 valence electrons. The van der Waals surface area contributed by atoms with Crippen LogP contribution in [0.2, 0.25) is 0 Å². The molecule has 0 aliphatic heterocycles. The Bertz CT molecular complexity index is 417. The predicted octanol–water partition coefficient (Wildman–Crippen LogP) is 1.59. The normalized spacial score (nSPS) is 15.1. The first kappa shape index (κ1) is 13.2. The van der Waals surface area contributed by atoms with Crippen molar-refractivity contribution in [2.45, 2.75) is 19.4 Å². The van der Waals surface area contributed by atoms with Crippen molar-refractivity contribution in [2.75, 3.05) is 7.11 Å². The van der Waals surface area contributed by atoms with E-state index in [1.165, 1.54) is 0 Å². The maximum absolute atomic E-state index is 10.6. The maximum atomic E-state index is 10.6. The fourth-order valence-electron chi connectivity index (χ4n) is 1.48. The third-order valence-electron chi connectivity index (χ3n) is 2.76. The molecule has 0 fully saturated rings. The number of methoxy groups -OCH3 is 1. The lowest BCUT2D eigenvalue weighted by Crippen LogP contribution is -2.36. The molecule has 0 unspecified atom stereocenters. The summed E-state index contributed by atoms with van der Waals surface area (Å²) in [6.45, 7) is 3.65. The minimum atomic E-state index is -0.698. The number of amides is 2. The first-order chi connectivity index (χ1) is 8.00. The van der Waals surface area contributed by atoms with Crippen LogP contribution in [0.5, 0.6) is 0 Å². The minimum Gasteiger partial charge on any atom is -0.368 e. The van der Waals surface area contributed by atoms with E-state index in [4.69, 9.17) is 10.5 Å². The lowest BCUT2D eigenvalue weighted by molar-refractivity contribution is 0.0634. The quantitative estimate of drug-likeness (QED) is 0.614. The first-order valence-corrected chi connectivity index (χ1v) is 5.21. The predicted molar refractivity (Wildman–Crippen MR) is 66.6 cm³/mol. The molecule has 5 nitrogen and oxygen atoms in total. The van der Waals surface area contributed by atoms with E-state index in [-0.39, 0.29) is 0 Å². The van der Waals surface area contributed by atoms with Crippen LogP contribution in [0.25, 0.3) is 0 Å². The summed E-state index contributed by atoms with van der Waals surface area (Å²) in [5.41, 5.74) is 8.05. The zero-order valence-electron chi connectivity index (χ0n) is 10.2. The van der Waals surface area contributed by atoms with Crippen molar-refractivity contribution in [2.24, 2.45) is 10.8 Å². The summed E-state index contributed by atoms with van der Waals surface area (Å²) in [6.07, 6.45) is 0. The Balaban J connectivity index is 3.04. The third kappa shape index (κ3) is 3.04. The highest BCUT2D eigenvalue weighted by Crippen LogP contribution is 2.25. The summed E-state index contributed by atoms with van der Waals surface area (Å²) >= 11 is 0. The van der Waals surface area contributed by atoms with Gasteiger partial charge in [-0.2, -0.15) is 5.10 Å². The number of carbonyl (C=O) groups excluding carboxylic acids is 1. The van der Waals surface area contributed by atoms with Crippen molar-refractivity contribution >= 4 is 11.7 Å². The molecule has 0 aliphatic carbocycles. The Hall–Kier alpha value is -1.88. The van der Waals surface area contributed by atoms with Crippen LogP contribution in [-0.2, 0) is 10.3 Å². The van der Waals surface area contributed by atoms with E-state index in [1.807, 2.05) is 37.3 Å². The number of benzene rings is 1. The van der Waals surface area contributed by atoms with Crippen LogP contribution in [0, 0.1) is 0 Å². The van der Waals surface area contributed by atoms with Gasteiger partial charge in [0.25, 0.3) is 0 Å². The molecule has 0 aromatic heterocycles. The molecular formula is C12H17N3O2. The van der Waals surface area contributed by atoms with Gasteiger partial charge in [-0.05, 0) is 19.4 Å². The highest BCUT2D eigenvalue weighted by molar-refractivity contribution is 5.92. The molecule has 0 spiro atoms. The summed E-state index contributed by atoms with van der Waals surface area (Å²) in [5, 5.41) is 3.91. The molecule has 2 amide bonds.